The molecule has 0 radical (unpaired) electrons. The zero-order chi connectivity index (χ0) is 17.1. The van der Waals surface area contributed by atoms with Crippen molar-refractivity contribution in [2.75, 3.05) is 11.9 Å². The van der Waals surface area contributed by atoms with Gasteiger partial charge in [-0.1, -0.05) is 24.3 Å². The number of fused-ring (bicyclic) bond motifs is 1. The summed E-state index contributed by atoms with van der Waals surface area (Å²) in [4.78, 5) is 7.88. The van der Waals surface area contributed by atoms with Crippen molar-refractivity contribution in [1.29, 1.82) is 0 Å². The first-order valence-electron chi connectivity index (χ1n) is 8.25. The van der Waals surface area contributed by atoms with E-state index in [1.807, 2.05) is 12.1 Å². The number of para-hydroxylation sites is 1. The van der Waals surface area contributed by atoms with Gasteiger partial charge in [0.05, 0.1) is 0 Å². The molecule has 0 fully saturated rings. The monoisotopic (exact) mass is 448 g/mol. The molecule has 4 N–H and O–H groups in total. The van der Waals surface area contributed by atoms with Gasteiger partial charge in [0.25, 0.3) is 0 Å². The third-order valence-electron chi connectivity index (χ3n) is 4.45. The summed E-state index contributed by atoms with van der Waals surface area (Å²) in [6.07, 6.45) is 0.866. The number of aromatic nitrogens is 1. The SMILES string of the molecule is Cc1ccc(NC(N)=NCCc2c(C)[nH]c3ccccc23)cc1C.I. The molecule has 25 heavy (non-hydrogen) atoms. The average molecular weight is 448 g/mol. The number of nitrogens with one attached hydrogen (secondary N) is 2. The van der Waals surface area contributed by atoms with Gasteiger partial charge in [-0.05, 0) is 62.1 Å². The fourth-order valence-electron chi connectivity index (χ4n) is 2.95. The smallest absolute Gasteiger partial charge is 0.193 e. The van der Waals surface area contributed by atoms with Gasteiger partial charge in [0.15, 0.2) is 5.96 Å². The molecular weight excluding hydrogens is 423 g/mol. The maximum Gasteiger partial charge on any atom is 0.193 e. The third kappa shape index (κ3) is 4.54. The summed E-state index contributed by atoms with van der Waals surface area (Å²) in [5.41, 5.74) is 13.2. The number of guanidine groups is 1. The number of anilines is 1. The number of halogens is 1. The van der Waals surface area contributed by atoms with E-state index < -0.39 is 0 Å². The number of aryl methyl sites for hydroxylation is 3. The quantitative estimate of drug-likeness (QED) is 0.308. The molecule has 132 valence electrons. The molecule has 0 bridgehead atoms. The zero-order valence-electron chi connectivity index (χ0n) is 14.9. The molecule has 5 heteroatoms. The van der Waals surface area contributed by atoms with E-state index in [1.165, 1.54) is 33.3 Å². The van der Waals surface area contributed by atoms with Crippen LogP contribution in [0.5, 0.6) is 0 Å². The normalized spacial score (nSPS) is 11.4. The summed E-state index contributed by atoms with van der Waals surface area (Å²) in [5, 5.41) is 4.43. The molecule has 3 aromatic rings. The molecule has 1 aromatic heterocycles. The highest BCUT2D eigenvalue weighted by molar-refractivity contribution is 14.0. The van der Waals surface area contributed by atoms with Gasteiger partial charge in [-0.2, -0.15) is 0 Å². The van der Waals surface area contributed by atoms with Crippen LogP contribution in [-0.4, -0.2) is 17.5 Å². The van der Waals surface area contributed by atoms with E-state index in [1.54, 1.807) is 0 Å². The number of hydrogen-bond acceptors (Lipinski definition) is 1. The lowest BCUT2D eigenvalue weighted by molar-refractivity contribution is 0.959. The van der Waals surface area contributed by atoms with Crippen molar-refractivity contribution < 1.29 is 0 Å². The minimum Gasteiger partial charge on any atom is -0.370 e. The van der Waals surface area contributed by atoms with Gasteiger partial charge < -0.3 is 16.0 Å². The molecule has 0 aliphatic carbocycles. The molecule has 0 atom stereocenters. The Morgan fingerprint density at radius 2 is 1.84 bits per heavy atom. The van der Waals surface area contributed by atoms with Crippen molar-refractivity contribution in [2.45, 2.75) is 27.2 Å². The molecule has 0 spiro atoms. The molecule has 0 aliphatic heterocycles. The first-order chi connectivity index (χ1) is 11.5. The van der Waals surface area contributed by atoms with E-state index in [2.05, 4.69) is 66.4 Å². The molecule has 0 amide bonds. The predicted octanol–water partition coefficient (Wildman–Crippen LogP) is 4.68. The van der Waals surface area contributed by atoms with Crippen LogP contribution in [0, 0.1) is 20.8 Å². The zero-order valence-corrected chi connectivity index (χ0v) is 17.2. The highest BCUT2D eigenvalue weighted by Gasteiger charge is 2.07. The lowest BCUT2D eigenvalue weighted by Gasteiger charge is -2.08. The first kappa shape index (κ1) is 19.3. The van der Waals surface area contributed by atoms with Crippen LogP contribution in [0.3, 0.4) is 0 Å². The van der Waals surface area contributed by atoms with E-state index in [0.29, 0.717) is 12.5 Å². The van der Waals surface area contributed by atoms with Crippen molar-refractivity contribution in [3.63, 3.8) is 0 Å². The van der Waals surface area contributed by atoms with Crippen LogP contribution in [-0.2, 0) is 6.42 Å². The van der Waals surface area contributed by atoms with Crippen LogP contribution in [0.2, 0.25) is 0 Å². The van der Waals surface area contributed by atoms with Crippen LogP contribution >= 0.6 is 24.0 Å². The van der Waals surface area contributed by atoms with Crippen LogP contribution in [0.1, 0.15) is 22.4 Å². The first-order valence-corrected chi connectivity index (χ1v) is 8.25. The van der Waals surface area contributed by atoms with Gasteiger partial charge in [-0.15, -0.1) is 24.0 Å². The molecule has 0 unspecified atom stereocenters. The Morgan fingerprint density at radius 1 is 1.08 bits per heavy atom. The maximum absolute atomic E-state index is 6.02. The number of hydrogen-bond donors (Lipinski definition) is 3. The number of H-pyrrole nitrogens is 1. The summed E-state index contributed by atoms with van der Waals surface area (Å²) in [5.74, 6) is 0.454. The number of aliphatic imine (C=N–C) groups is 1. The largest absolute Gasteiger partial charge is 0.370 e. The summed E-state index contributed by atoms with van der Waals surface area (Å²) in [6, 6.07) is 14.6. The molecule has 4 nitrogen and oxygen atoms in total. The summed E-state index contributed by atoms with van der Waals surface area (Å²) < 4.78 is 0. The fraction of sp³-hybridized carbons (Fsp3) is 0.250. The molecule has 0 saturated heterocycles. The van der Waals surface area contributed by atoms with E-state index >= 15 is 0 Å². The van der Waals surface area contributed by atoms with Crippen molar-refractivity contribution >= 4 is 46.5 Å². The lowest BCUT2D eigenvalue weighted by atomic mass is 10.1. The Kier molecular flexibility index (Phi) is 6.47. The van der Waals surface area contributed by atoms with Crippen LogP contribution in [0.4, 0.5) is 5.69 Å². The fourth-order valence-corrected chi connectivity index (χ4v) is 2.95. The maximum atomic E-state index is 6.02. The molecule has 0 saturated carbocycles. The summed E-state index contributed by atoms with van der Waals surface area (Å²) in [6.45, 7) is 6.95. The third-order valence-corrected chi connectivity index (χ3v) is 4.45. The highest BCUT2D eigenvalue weighted by atomic mass is 127. The van der Waals surface area contributed by atoms with E-state index in [-0.39, 0.29) is 24.0 Å². The second-order valence-electron chi connectivity index (χ2n) is 6.22. The van der Waals surface area contributed by atoms with Crippen molar-refractivity contribution in [3.8, 4) is 0 Å². The van der Waals surface area contributed by atoms with Crippen LogP contribution < -0.4 is 11.1 Å². The van der Waals surface area contributed by atoms with Crippen LogP contribution in [0.25, 0.3) is 10.9 Å². The summed E-state index contributed by atoms with van der Waals surface area (Å²) in [7, 11) is 0. The van der Waals surface area contributed by atoms with Gasteiger partial charge in [0, 0.05) is 28.8 Å². The molecular formula is C20H25IN4. The second kappa shape index (κ2) is 8.38. The van der Waals surface area contributed by atoms with Gasteiger partial charge in [-0.25, -0.2) is 0 Å². The molecule has 1 heterocycles. The van der Waals surface area contributed by atoms with E-state index in [4.69, 9.17) is 5.73 Å². The van der Waals surface area contributed by atoms with Gasteiger partial charge in [0.2, 0.25) is 0 Å². The van der Waals surface area contributed by atoms with Crippen molar-refractivity contribution in [1.82, 2.24) is 4.98 Å². The number of rotatable bonds is 4. The number of nitrogens with two attached hydrogens (primary N) is 1. The number of nitrogens with zero attached hydrogens (tertiary/aromatic N) is 1. The molecule has 3 rings (SSSR count). The Bertz CT molecular complexity index is 896. The average Bonchev–Trinajstić information content (AvgIpc) is 2.87. The van der Waals surface area contributed by atoms with Gasteiger partial charge in [-0.3, -0.25) is 4.99 Å². The number of aromatic amines is 1. The minimum atomic E-state index is 0. The van der Waals surface area contributed by atoms with Crippen LogP contribution in [0.15, 0.2) is 47.5 Å². The lowest BCUT2D eigenvalue weighted by Crippen LogP contribution is -2.23. The van der Waals surface area contributed by atoms with Gasteiger partial charge >= 0.3 is 0 Å². The Hall–Kier alpha value is -2.02. The Balaban J connectivity index is 0.00000225. The predicted molar refractivity (Wildman–Crippen MR) is 118 cm³/mol. The topological polar surface area (TPSA) is 66.2 Å². The Morgan fingerprint density at radius 3 is 2.60 bits per heavy atom. The summed E-state index contributed by atoms with van der Waals surface area (Å²) >= 11 is 0. The van der Waals surface area contributed by atoms with Crippen molar-refractivity contribution in [3.05, 3.63) is 64.8 Å². The highest BCUT2D eigenvalue weighted by Crippen LogP contribution is 2.22. The molecule has 0 aliphatic rings. The van der Waals surface area contributed by atoms with E-state index in [9.17, 15) is 0 Å². The van der Waals surface area contributed by atoms with Gasteiger partial charge in [0.1, 0.15) is 0 Å². The van der Waals surface area contributed by atoms with Crippen molar-refractivity contribution in [2.24, 2.45) is 10.7 Å². The Labute approximate surface area is 165 Å². The van der Waals surface area contributed by atoms with E-state index in [0.717, 1.165) is 12.1 Å². The standard InChI is InChI=1S/C20H24N4.HI/c1-13-8-9-16(12-14(13)2)24-20(21)22-11-10-17-15(3)23-19-7-5-4-6-18(17)19;/h4-9,12,23H,10-11H2,1-3H3,(H3,21,22,24);1H. The molecule has 2 aromatic carbocycles. The second-order valence-corrected chi connectivity index (χ2v) is 6.22. The minimum absolute atomic E-state index is 0. The number of benzene rings is 2.